The van der Waals surface area contributed by atoms with Gasteiger partial charge in [0.2, 0.25) is 5.91 Å². The molecule has 36 heavy (non-hydrogen) atoms. The molecule has 2 aromatic heterocycles. The predicted molar refractivity (Wildman–Crippen MR) is 125 cm³/mol. The van der Waals surface area contributed by atoms with Gasteiger partial charge >= 0.3 is 5.88 Å². The number of pyridine rings is 1. The molecule has 1 aliphatic rings. The molecule has 2 atom stereocenters. The van der Waals surface area contributed by atoms with E-state index in [0.717, 1.165) is 16.4 Å². The first kappa shape index (κ1) is 26.9. The van der Waals surface area contributed by atoms with Crippen molar-refractivity contribution in [1.29, 1.82) is 0 Å². The number of ketones is 1. The van der Waals surface area contributed by atoms with Crippen LogP contribution in [-0.4, -0.2) is 65.4 Å². The van der Waals surface area contributed by atoms with Crippen molar-refractivity contribution in [3.63, 3.8) is 0 Å². The smallest absolute Gasteiger partial charge is 0.395 e. The van der Waals surface area contributed by atoms with Crippen LogP contribution in [0.25, 0.3) is 0 Å². The van der Waals surface area contributed by atoms with Crippen LogP contribution < -0.4 is 10.6 Å². The lowest BCUT2D eigenvalue weighted by Gasteiger charge is -2.23. The third-order valence-corrected chi connectivity index (χ3v) is 7.27. The van der Waals surface area contributed by atoms with Gasteiger partial charge in [0, 0.05) is 12.7 Å². The van der Waals surface area contributed by atoms with Crippen molar-refractivity contribution in [2.75, 3.05) is 13.1 Å². The van der Waals surface area contributed by atoms with E-state index in [2.05, 4.69) is 15.6 Å². The Labute approximate surface area is 207 Å². The van der Waals surface area contributed by atoms with Gasteiger partial charge in [-0.1, -0.05) is 19.9 Å². The van der Waals surface area contributed by atoms with Crippen LogP contribution in [0.4, 0.5) is 5.88 Å². The second kappa shape index (κ2) is 11.4. The number of nitrogens with one attached hydrogen (secondary N) is 2. The van der Waals surface area contributed by atoms with Crippen molar-refractivity contribution in [3.8, 4) is 0 Å². The Morgan fingerprint density at radius 3 is 2.64 bits per heavy atom. The van der Waals surface area contributed by atoms with Crippen LogP contribution in [-0.2, 0) is 19.6 Å². The number of carbonyl (C=O) groups is 3. The fourth-order valence-corrected chi connectivity index (χ4v) is 5.11. The van der Waals surface area contributed by atoms with E-state index in [9.17, 15) is 32.9 Å². The molecule has 3 heterocycles. The summed E-state index contributed by atoms with van der Waals surface area (Å²) in [6.07, 6.45) is 2.10. The fraction of sp³-hybridized carbons (Fsp3) is 0.455. The van der Waals surface area contributed by atoms with E-state index in [-0.39, 0.29) is 36.1 Å². The average molecular weight is 522 g/mol. The summed E-state index contributed by atoms with van der Waals surface area (Å²) in [5.74, 6) is -2.89. The van der Waals surface area contributed by atoms with E-state index in [1.54, 1.807) is 6.07 Å². The van der Waals surface area contributed by atoms with Crippen LogP contribution in [0.2, 0.25) is 0 Å². The van der Waals surface area contributed by atoms with Crippen LogP contribution in [0.15, 0.2) is 46.0 Å². The summed E-state index contributed by atoms with van der Waals surface area (Å²) in [5, 5.41) is 15.8. The zero-order chi connectivity index (χ0) is 26.5. The van der Waals surface area contributed by atoms with E-state index in [0.29, 0.717) is 6.42 Å². The number of carbonyl (C=O) groups excluding carboxylic acids is 3. The number of sulfonamides is 1. The highest BCUT2D eigenvalue weighted by Crippen LogP contribution is 2.19. The maximum atomic E-state index is 13.0. The maximum absolute atomic E-state index is 13.0. The van der Waals surface area contributed by atoms with Gasteiger partial charge in [-0.25, -0.2) is 13.4 Å². The number of hydrogen-bond acceptors (Lipinski definition) is 9. The fourth-order valence-electron chi connectivity index (χ4n) is 3.74. The molecule has 2 amide bonds. The van der Waals surface area contributed by atoms with Crippen LogP contribution in [0.5, 0.6) is 0 Å². The van der Waals surface area contributed by atoms with Gasteiger partial charge in [0.05, 0.1) is 18.7 Å². The first-order valence-electron chi connectivity index (χ1n) is 11.3. The molecule has 1 saturated heterocycles. The highest BCUT2D eigenvalue weighted by molar-refractivity contribution is 7.89. The number of aromatic nitrogens is 1. The molecule has 1 unspecified atom stereocenters. The Morgan fingerprint density at radius 1 is 1.28 bits per heavy atom. The van der Waals surface area contributed by atoms with Crippen molar-refractivity contribution in [2.24, 2.45) is 5.92 Å². The summed E-state index contributed by atoms with van der Waals surface area (Å²) in [6, 6.07) is 4.62. The quantitative estimate of drug-likeness (QED) is 0.362. The largest absolute Gasteiger partial charge is 0.433 e. The Bertz CT molecular complexity index is 1230. The molecule has 0 spiro atoms. The van der Waals surface area contributed by atoms with Gasteiger partial charge in [-0.3, -0.25) is 24.5 Å². The molecule has 2 N–H and O–H groups in total. The maximum Gasteiger partial charge on any atom is 0.433 e. The zero-order valence-electron chi connectivity index (χ0n) is 19.7. The molecule has 13 nitrogen and oxygen atoms in total. The van der Waals surface area contributed by atoms with Gasteiger partial charge in [-0.2, -0.15) is 4.31 Å². The van der Waals surface area contributed by atoms with Gasteiger partial charge in [-0.15, -0.1) is 0 Å². The average Bonchev–Trinajstić information content (AvgIpc) is 3.26. The summed E-state index contributed by atoms with van der Waals surface area (Å²) in [5.41, 5.74) is 0. The highest BCUT2D eigenvalue weighted by atomic mass is 32.2. The lowest BCUT2D eigenvalue weighted by Crippen LogP contribution is -2.52. The van der Waals surface area contributed by atoms with Crippen molar-refractivity contribution in [3.05, 3.63) is 52.4 Å². The summed E-state index contributed by atoms with van der Waals surface area (Å²) in [7, 11) is -3.98. The Kier molecular flexibility index (Phi) is 8.53. The van der Waals surface area contributed by atoms with Gasteiger partial charge in [-0.05, 0) is 43.4 Å². The number of nitro groups is 1. The first-order valence-corrected chi connectivity index (χ1v) is 12.7. The van der Waals surface area contributed by atoms with E-state index in [1.165, 1.54) is 18.3 Å². The molecule has 14 heteroatoms. The van der Waals surface area contributed by atoms with Crippen molar-refractivity contribution in [2.45, 2.75) is 50.2 Å². The van der Waals surface area contributed by atoms with Gasteiger partial charge in [0.25, 0.3) is 15.9 Å². The number of rotatable bonds is 9. The van der Waals surface area contributed by atoms with Gasteiger partial charge < -0.3 is 15.1 Å². The van der Waals surface area contributed by atoms with Crippen LogP contribution in [0.3, 0.4) is 0 Å². The molecule has 3 rings (SSSR count). The van der Waals surface area contributed by atoms with Crippen LogP contribution in [0, 0.1) is 16.0 Å². The molecular formula is C22H27N5O8S. The SMILES string of the molecule is CC(C)C[C@H](NC(=O)c1ccc([N+](=O)[O-])o1)C(=O)NC1CCCN(S(=O)(=O)c2ccccn2)CC1=O. The molecule has 0 radical (unpaired) electrons. The van der Waals surface area contributed by atoms with Crippen molar-refractivity contribution in [1.82, 2.24) is 19.9 Å². The number of Topliss-reactive ketones (excluding diaryl/α,β-unsaturated/α-hetero) is 1. The third-order valence-electron chi connectivity index (χ3n) is 5.50. The third kappa shape index (κ3) is 6.51. The van der Waals surface area contributed by atoms with E-state index in [4.69, 9.17) is 4.42 Å². The highest BCUT2D eigenvalue weighted by Gasteiger charge is 2.35. The molecule has 0 saturated carbocycles. The topological polar surface area (TPSA) is 182 Å². The molecule has 194 valence electrons. The molecule has 0 bridgehead atoms. The van der Waals surface area contributed by atoms with E-state index >= 15 is 0 Å². The second-order valence-electron chi connectivity index (χ2n) is 8.73. The summed E-state index contributed by atoms with van der Waals surface area (Å²) in [6.45, 7) is 3.32. The molecule has 1 fully saturated rings. The van der Waals surface area contributed by atoms with Crippen molar-refractivity contribution < 1.29 is 32.1 Å². The standard InChI is InChI=1S/C22H27N5O8S/c1-14(2)12-16(25-22(30)18-8-9-20(35-18)27(31)32)21(29)24-15-6-5-11-26(13-17(15)28)36(33,34)19-7-3-4-10-23-19/h3-4,7-10,14-16H,5-6,11-13H2,1-2H3,(H,24,29)(H,25,30)/t15?,16-/m0/s1. The zero-order valence-corrected chi connectivity index (χ0v) is 20.6. The Hall–Kier alpha value is -3.65. The van der Waals surface area contributed by atoms with Gasteiger partial charge in [0.1, 0.15) is 11.0 Å². The lowest BCUT2D eigenvalue weighted by atomic mass is 10.0. The minimum Gasteiger partial charge on any atom is -0.395 e. The van der Waals surface area contributed by atoms with Crippen LogP contribution >= 0.6 is 0 Å². The van der Waals surface area contributed by atoms with Crippen LogP contribution in [0.1, 0.15) is 43.7 Å². The predicted octanol–water partition coefficient (Wildman–Crippen LogP) is 1.27. The minimum absolute atomic E-state index is 0.0178. The second-order valence-corrected chi connectivity index (χ2v) is 10.6. The molecular weight excluding hydrogens is 494 g/mol. The number of nitrogens with zero attached hydrogens (tertiary/aromatic N) is 3. The van der Waals surface area contributed by atoms with Crippen molar-refractivity contribution >= 4 is 33.5 Å². The molecule has 2 aromatic rings. The normalized spacial score (nSPS) is 17.9. The Morgan fingerprint density at radius 2 is 2.03 bits per heavy atom. The molecule has 0 aliphatic carbocycles. The minimum atomic E-state index is -3.98. The monoisotopic (exact) mass is 521 g/mol. The molecule has 1 aliphatic heterocycles. The molecule has 0 aromatic carbocycles. The Balaban J connectivity index is 1.69. The number of amides is 2. The summed E-state index contributed by atoms with van der Waals surface area (Å²) in [4.78, 5) is 52.3. The number of furan rings is 1. The van der Waals surface area contributed by atoms with E-state index in [1.807, 2.05) is 13.8 Å². The van der Waals surface area contributed by atoms with Gasteiger partial charge in [0.15, 0.2) is 16.6 Å². The lowest BCUT2D eigenvalue weighted by molar-refractivity contribution is -0.402. The number of hydrogen-bond donors (Lipinski definition) is 2. The summed E-state index contributed by atoms with van der Waals surface area (Å²) < 4.78 is 31.7. The summed E-state index contributed by atoms with van der Waals surface area (Å²) >= 11 is 0. The van der Waals surface area contributed by atoms with E-state index < -0.39 is 57.1 Å². The first-order chi connectivity index (χ1) is 17.0.